The van der Waals surface area contributed by atoms with E-state index in [9.17, 15) is 9.59 Å². The Balaban J connectivity index is 1.63. The molecule has 0 radical (unpaired) electrons. The number of carbonyl (C=O) groups is 2. The summed E-state index contributed by atoms with van der Waals surface area (Å²) in [6.07, 6.45) is 0.880. The lowest BCUT2D eigenvalue weighted by Crippen LogP contribution is -2.20. The Kier molecular flexibility index (Phi) is 5.14. The van der Waals surface area contributed by atoms with Crippen LogP contribution in [0.5, 0.6) is 0 Å². The number of hydrogen-bond donors (Lipinski definition) is 1. The van der Waals surface area contributed by atoms with Gasteiger partial charge in [-0.2, -0.15) is 0 Å². The maximum absolute atomic E-state index is 12.1. The summed E-state index contributed by atoms with van der Waals surface area (Å²) in [5, 5.41) is 4.80. The standard InChI is InChI=1S/C20H19NO3S/c1-3-17-13(2)11-18(25-17)20(23)24-12-19(22)21-16-10-6-8-14-7-4-5-9-15(14)16/h4-11H,3,12H2,1-2H3,(H,21,22). The van der Waals surface area contributed by atoms with E-state index in [2.05, 4.69) is 5.32 Å². The summed E-state index contributed by atoms with van der Waals surface area (Å²) >= 11 is 1.42. The van der Waals surface area contributed by atoms with Crippen LogP contribution in [0.2, 0.25) is 0 Å². The molecule has 0 spiro atoms. The van der Waals surface area contributed by atoms with Crippen LogP contribution < -0.4 is 5.32 Å². The van der Waals surface area contributed by atoms with Crippen molar-refractivity contribution in [3.05, 3.63) is 63.8 Å². The lowest BCUT2D eigenvalue weighted by molar-refractivity contribution is -0.119. The van der Waals surface area contributed by atoms with Crippen molar-refractivity contribution in [3.8, 4) is 0 Å². The second-order valence-corrected chi connectivity index (χ2v) is 6.86. The normalized spacial score (nSPS) is 10.6. The second kappa shape index (κ2) is 7.49. The van der Waals surface area contributed by atoms with Crippen molar-refractivity contribution in [1.82, 2.24) is 0 Å². The molecule has 2 aromatic carbocycles. The van der Waals surface area contributed by atoms with E-state index in [-0.39, 0.29) is 12.5 Å². The number of benzene rings is 2. The lowest BCUT2D eigenvalue weighted by Gasteiger charge is -2.09. The number of nitrogens with one attached hydrogen (secondary N) is 1. The average Bonchev–Trinajstić information content (AvgIpc) is 3.01. The Morgan fingerprint density at radius 1 is 1.12 bits per heavy atom. The molecule has 25 heavy (non-hydrogen) atoms. The number of aryl methyl sites for hydroxylation is 2. The molecular weight excluding hydrogens is 334 g/mol. The van der Waals surface area contributed by atoms with Crippen molar-refractivity contribution in [2.45, 2.75) is 20.3 Å². The van der Waals surface area contributed by atoms with Gasteiger partial charge in [-0.15, -0.1) is 11.3 Å². The van der Waals surface area contributed by atoms with Crippen molar-refractivity contribution in [2.75, 3.05) is 11.9 Å². The van der Waals surface area contributed by atoms with E-state index in [1.807, 2.05) is 62.4 Å². The summed E-state index contributed by atoms with van der Waals surface area (Å²) in [5.74, 6) is -0.811. The quantitative estimate of drug-likeness (QED) is 0.684. The fourth-order valence-corrected chi connectivity index (χ4v) is 3.70. The minimum Gasteiger partial charge on any atom is -0.451 e. The summed E-state index contributed by atoms with van der Waals surface area (Å²) in [7, 11) is 0. The Morgan fingerprint density at radius 3 is 2.64 bits per heavy atom. The van der Waals surface area contributed by atoms with Gasteiger partial charge in [0, 0.05) is 16.0 Å². The van der Waals surface area contributed by atoms with Crippen LogP contribution in [0, 0.1) is 6.92 Å². The van der Waals surface area contributed by atoms with Crippen molar-refractivity contribution >= 4 is 39.7 Å². The molecule has 0 atom stereocenters. The van der Waals surface area contributed by atoms with Gasteiger partial charge in [0.25, 0.3) is 5.91 Å². The largest absolute Gasteiger partial charge is 0.451 e. The molecule has 0 aliphatic rings. The van der Waals surface area contributed by atoms with E-state index in [1.54, 1.807) is 0 Å². The number of ether oxygens (including phenoxy) is 1. The molecule has 1 N–H and O–H groups in total. The molecule has 4 nitrogen and oxygen atoms in total. The Labute approximate surface area is 150 Å². The number of amides is 1. The van der Waals surface area contributed by atoms with Gasteiger partial charge in [-0.05, 0) is 36.4 Å². The number of esters is 1. The highest BCUT2D eigenvalue weighted by atomic mass is 32.1. The number of hydrogen-bond acceptors (Lipinski definition) is 4. The zero-order chi connectivity index (χ0) is 17.8. The molecule has 128 valence electrons. The van der Waals surface area contributed by atoms with E-state index in [0.29, 0.717) is 10.6 Å². The van der Waals surface area contributed by atoms with Crippen LogP contribution in [0.1, 0.15) is 27.0 Å². The molecule has 1 aromatic heterocycles. The third kappa shape index (κ3) is 3.88. The van der Waals surface area contributed by atoms with Crippen LogP contribution >= 0.6 is 11.3 Å². The molecule has 0 aliphatic heterocycles. The minimum absolute atomic E-state index is 0.305. The third-order valence-electron chi connectivity index (χ3n) is 3.94. The predicted molar refractivity (Wildman–Crippen MR) is 101 cm³/mol. The molecule has 1 amide bonds. The van der Waals surface area contributed by atoms with Crippen LogP contribution in [0.4, 0.5) is 5.69 Å². The van der Waals surface area contributed by atoms with Crippen LogP contribution in [-0.4, -0.2) is 18.5 Å². The van der Waals surface area contributed by atoms with Gasteiger partial charge < -0.3 is 10.1 Å². The van der Waals surface area contributed by atoms with Crippen molar-refractivity contribution in [2.24, 2.45) is 0 Å². The number of carbonyl (C=O) groups excluding carboxylic acids is 2. The highest BCUT2D eigenvalue weighted by molar-refractivity contribution is 7.14. The zero-order valence-electron chi connectivity index (χ0n) is 14.2. The molecule has 1 heterocycles. The fraction of sp³-hybridized carbons (Fsp3) is 0.200. The topological polar surface area (TPSA) is 55.4 Å². The fourth-order valence-electron chi connectivity index (χ4n) is 2.69. The van der Waals surface area contributed by atoms with Gasteiger partial charge in [0.15, 0.2) is 6.61 Å². The van der Waals surface area contributed by atoms with E-state index in [4.69, 9.17) is 4.74 Å². The van der Waals surface area contributed by atoms with E-state index in [0.717, 1.165) is 27.6 Å². The summed E-state index contributed by atoms with van der Waals surface area (Å²) in [5.41, 5.74) is 1.79. The third-order valence-corrected chi connectivity index (χ3v) is 5.30. The predicted octanol–water partition coefficient (Wildman–Crippen LogP) is 4.57. The van der Waals surface area contributed by atoms with Gasteiger partial charge in [-0.1, -0.05) is 43.3 Å². The molecule has 3 rings (SSSR count). The number of thiophene rings is 1. The highest BCUT2D eigenvalue weighted by Crippen LogP contribution is 2.24. The molecule has 0 saturated heterocycles. The maximum Gasteiger partial charge on any atom is 0.348 e. The van der Waals surface area contributed by atoms with Crippen LogP contribution in [0.3, 0.4) is 0 Å². The van der Waals surface area contributed by atoms with Gasteiger partial charge in [-0.3, -0.25) is 4.79 Å². The first-order chi connectivity index (χ1) is 12.1. The number of anilines is 1. The van der Waals surface area contributed by atoms with E-state index < -0.39 is 5.97 Å². The second-order valence-electron chi connectivity index (χ2n) is 5.72. The van der Waals surface area contributed by atoms with Crippen LogP contribution in [0.15, 0.2) is 48.5 Å². The smallest absolute Gasteiger partial charge is 0.348 e. The van der Waals surface area contributed by atoms with Gasteiger partial charge in [-0.25, -0.2) is 4.79 Å². The molecule has 0 aliphatic carbocycles. The number of rotatable bonds is 5. The zero-order valence-corrected chi connectivity index (χ0v) is 15.0. The summed E-state index contributed by atoms with van der Waals surface area (Å²) in [6, 6.07) is 15.3. The molecule has 0 fully saturated rings. The minimum atomic E-state index is -0.458. The monoisotopic (exact) mass is 353 g/mol. The molecule has 0 bridgehead atoms. The maximum atomic E-state index is 12.1. The Hall–Kier alpha value is -2.66. The molecule has 3 aromatic rings. The Bertz CT molecular complexity index is 924. The van der Waals surface area contributed by atoms with Crippen LogP contribution in [0.25, 0.3) is 10.8 Å². The molecule has 0 saturated carbocycles. The first kappa shape index (κ1) is 17.2. The van der Waals surface area contributed by atoms with E-state index >= 15 is 0 Å². The van der Waals surface area contributed by atoms with Gasteiger partial charge in [0.1, 0.15) is 4.88 Å². The molecule has 0 unspecified atom stereocenters. The molecular formula is C20H19NO3S. The average molecular weight is 353 g/mol. The summed E-state index contributed by atoms with van der Waals surface area (Å²) < 4.78 is 5.15. The SMILES string of the molecule is CCc1sc(C(=O)OCC(=O)Nc2cccc3ccccc23)cc1C. The van der Waals surface area contributed by atoms with Gasteiger partial charge in [0.2, 0.25) is 0 Å². The summed E-state index contributed by atoms with van der Waals surface area (Å²) in [4.78, 5) is 25.9. The van der Waals surface area contributed by atoms with Gasteiger partial charge >= 0.3 is 5.97 Å². The van der Waals surface area contributed by atoms with Gasteiger partial charge in [0.05, 0.1) is 0 Å². The van der Waals surface area contributed by atoms with Crippen molar-refractivity contribution < 1.29 is 14.3 Å². The lowest BCUT2D eigenvalue weighted by atomic mass is 10.1. The highest BCUT2D eigenvalue weighted by Gasteiger charge is 2.15. The van der Waals surface area contributed by atoms with E-state index in [1.165, 1.54) is 11.3 Å². The van der Waals surface area contributed by atoms with Crippen molar-refractivity contribution in [1.29, 1.82) is 0 Å². The molecule has 5 heteroatoms. The first-order valence-corrected chi connectivity index (χ1v) is 8.94. The van der Waals surface area contributed by atoms with Crippen LogP contribution in [-0.2, 0) is 16.0 Å². The van der Waals surface area contributed by atoms with Crippen molar-refractivity contribution in [3.63, 3.8) is 0 Å². The first-order valence-electron chi connectivity index (χ1n) is 8.12. The summed E-state index contributed by atoms with van der Waals surface area (Å²) in [6.45, 7) is 3.71. The Morgan fingerprint density at radius 2 is 1.88 bits per heavy atom. The number of fused-ring (bicyclic) bond motifs is 1.